The summed E-state index contributed by atoms with van der Waals surface area (Å²) in [4.78, 5) is 13.2. The van der Waals surface area contributed by atoms with Gasteiger partial charge in [0.2, 0.25) is 0 Å². The lowest BCUT2D eigenvalue weighted by molar-refractivity contribution is -0.118. The minimum Gasteiger partial charge on any atom is -0.507 e. The molecule has 2 aromatic carbocycles. The summed E-state index contributed by atoms with van der Waals surface area (Å²) in [7, 11) is 3.29. The lowest BCUT2D eigenvalue weighted by atomic mass is 9.90. The Morgan fingerprint density at radius 1 is 0.762 bits per heavy atom. The third-order valence-electron chi connectivity index (χ3n) is 8.71. The molecule has 1 aliphatic carbocycles. The standard InChI is InChI=1S/C38H56O4/c1-4-5-6-7-8-9-10-11-12-13-14-18-21-24-32(39)29-33-31-23-20-17-15-16-19-22-30-25-26-36(40)34(27-30)35(28-31)38(42-3)37(33)41-2/h16,19,25-28,40H,4-15,17-18,20-24,29H2,1-3H3. The van der Waals surface area contributed by atoms with E-state index in [0.29, 0.717) is 24.3 Å². The second-order valence-electron chi connectivity index (χ2n) is 12.1. The second-order valence-corrected chi connectivity index (χ2v) is 12.1. The van der Waals surface area contributed by atoms with E-state index in [-0.39, 0.29) is 11.5 Å². The third kappa shape index (κ3) is 10.8. The van der Waals surface area contributed by atoms with Crippen LogP contribution in [-0.2, 0) is 24.1 Å². The van der Waals surface area contributed by atoms with Crippen LogP contribution < -0.4 is 9.47 Å². The third-order valence-corrected chi connectivity index (χ3v) is 8.71. The fourth-order valence-corrected chi connectivity index (χ4v) is 6.23. The van der Waals surface area contributed by atoms with E-state index in [1.165, 1.54) is 70.6 Å². The van der Waals surface area contributed by atoms with Crippen molar-refractivity contribution in [2.45, 2.75) is 135 Å². The Morgan fingerprint density at radius 2 is 1.40 bits per heavy atom. The first-order valence-electron chi connectivity index (χ1n) is 16.8. The molecule has 0 saturated carbocycles. The van der Waals surface area contributed by atoms with Crippen LogP contribution in [-0.4, -0.2) is 25.1 Å². The zero-order chi connectivity index (χ0) is 30.0. The highest BCUT2D eigenvalue weighted by Crippen LogP contribution is 2.46. The van der Waals surface area contributed by atoms with E-state index in [4.69, 9.17) is 9.47 Å². The van der Waals surface area contributed by atoms with Crippen LogP contribution in [0.2, 0.25) is 0 Å². The van der Waals surface area contributed by atoms with Gasteiger partial charge in [-0.25, -0.2) is 0 Å². The van der Waals surface area contributed by atoms with E-state index in [1.54, 1.807) is 20.3 Å². The SMILES string of the molecule is CCCCCCCCCCCCCCCC(=O)Cc1c2cc(c(OC)c1OC)-c1cc(ccc1O)CC=CCCCC2. The van der Waals surface area contributed by atoms with Crippen LogP contribution in [0, 0.1) is 0 Å². The number of benzene rings is 2. The van der Waals surface area contributed by atoms with E-state index in [9.17, 15) is 9.90 Å². The molecule has 0 aliphatic heterocycles. The van der Waals surface area contributed by atoms with Crippen LogP contribution in [0.25, 0.3) is 11.1 Å². The lowest BCUT2D eigenvalue weighted by Crippen LogP contribution is -2.09. The van der Waals surface area contributed by atoms with Gasteiger partial charge in [-0.15, -0.1) is 0 Å². The number of phenolic OH excluding ortho intramolecular Hbond substituents is 1. The van der Waals surface area contributed by atoms with Crippen LogP contribution in [0.15, 0.2) is 36.4 Å². The number of carbonyl (C=O) groups excluding carboxylic acids is 1. The van der Waals surface area contributed by atoms with E-state index < -0.39 is 0 Å². The summed E-state index contributed by atoms with van der Waals surface area (Å²) >= 11 is 0. The van der Waals surface area contributed by atoms with Gasteiger partial charge in [0.1, 0.15) is 11.5 Å². The first-order chi connectivity index (χ1) is 20.6. The molecule has 2 aromatic rings. The zero-order valence-corrected chi connectivity index (χ0v) is 26.8. The van der Waals surface area contributed by atoms with Crippen molar-refractivity contribution in [3.8, 4) is 28.4 Å². The molecule has 0 radical (unpaired) electrons. The van der Waals surface area contributed by atoms with Crippen molar-refractivity contribution in [2.24, 2.45) is 0 Å². The van der Waals surface area contributed by atoms with Gasteiger partial charge in [-0.05, 0) is 67.9 Å². The molecule has 4 bridgehead atoms. The predicted octanol–water partition coefficient (Wildman–Crippen LogP) is 10.5. The number of hydrogen-bond acceptors (Lipinski definition) is 4. The Bertz CT molecular complexity index is 1120. The molecule has 0 fully saturated rings. The summed E-state index contributed by atoms with van der Waals surface area (Å²) < 4.78 is 11.8. The number of ether oxygens (including phenoxy) is 2. The number of carbonyl (C=O) groups is 1. The number of aryl methyl sites for hydroxylation is 1. The number of Topliss-reactive ketones (excluding diaryl/α,β-unsaturated/α-hetero) is 1. The number of unbranched alkanes of at least 4 members (excludes halogenated alkanes) is 12. The molecule has 0 amide bonds. The van der Waals surface area contributed by atoms with Crippen molar-refractivity contribution < 1.29 is 19.4 Å². The molecule has 1 N–H and O–H groups in total. The second kappa shape index (κ2) is 19.4. The molecular formula is C38H56O4. The summed E-state index contributed by atoms with van der Waals surface area (Å²) in [5, 5.41) is 10.8. The monoisotopic (exact) mass is 576 g/mol. The summed E-state index contributed by atoms with van der Waals surface area (Å²) in [6, 6.07) is 7.89. The Labute approximate surface area is 255 Å². The number of fused-ring (bicyclic) bond motifs is 5. The molecule has 232 valence electrons. The van der Waals surface area contributed by atoms with Crippen molar-refractivity contribution in [1.82, 2.24) is 0 Å². The fourth-order valence-electron chi connectivity index (χ4n) is 6.23. The van der Waals surface area contributed by atoms with Crippen molar-refractivity contribution in [3.05, 3.63) is 53.1 Å². The van der Waals surface area contributed by atoms with Gasteiger partial charge in [-0.2, -0.15) is 0 Å². The maximum absolute atomic E-state index is 13.2. The van der Waals surface area contributed by atoms with Gasteiger partial charge in [-0.1, -0.05) is 102 Å². The molecule has 0 heterocycles. The van der Waals surface area contributed by atoms with Crippen LogP contribution in [0.4, 0.5) is 0 Å². The lowest BCUT2D eigenvalue weighted by Gasteiger charge is -2.21. The molecule has 4 heteroatoms. The van der Waals surface area contributed by atoms with E-state index >= 15 is 0 Å². The number of allylic oxidation sites excluding steroid dienone is 2. The van der Waals surface area contributed by atoms with Crippen molar-refractivity contribution in [2.75, 3.05) is 14.2 Å². The highest BCUT2D eigenvalue weighted by Gasteiger charge is 2.24. The molecule has 0 aromatic heterocycles. The Balaban J connectivity index is 1.59. The number of aromatic hydroxyl groups is 1. The van der Waals surface area contributed by atoms with E-state index in [2.05, 4.69) is 25.1 Å². The van der Waals surface area contributed by atoms with Crippen LogP contribution in [0.1, 0.15) is 133 Å². The van der Waals surface area contributed by atoms with Crippen molar-refractivity contribution >= 4 is 5.78 Å². The van der Waals surface area contributed by atoms with Gasteiger partial charge >= 0.3 is 0 Å². The number of hydrogen-bond donors (Lipinski definition) is 1. The highest BCUT2D eigenvalue weighted by atomic mass is 16.5. The molecule has 4 nitrogen and oxygen atoms in total. The molecular weight excluding hydrogens is 520 g/mol. The minimum absolute atomic E-state index is 0.218. The van der Waals surface area contributed by atoms with Gasteiger partial charge in [-0.3, -0.25) is 4.79 Å². The normalized spacial score (nSPS) is 13.2. The van der Waals surface area contributed by atoms with Crippen LogP contribution in [0.3, 0.4) is 0 Å². The molecule has 0 spiro atoms. The average Bonchev–Trinajstić information content (AvgIpc) is 3.00. The number of phenols is 1. The van der Waals surface area contributed by atoms with E-state index in [1.807, 2.05) is 12.1 Å². The molecule has 0 unspecified atom stereocenters. The average molecular weight is 577 g/mol. The summed E-state index contributed by atoms with van der Waals surface area (Å²) in [5.74, 6) is 1.69. The fraction of sp³-hybridized carbons (Fsp3) is 0.605. The topological polar surface area (TPSA) is 55.8 Å². The Kier molecular flexibility index (Phi) is 15.6. The zero-order valence-electron chi connectivity index (χ0n) is 26.8. The summed E-state index contributed by atoms with van der Waals surface area (Å²) in [6.07, 6.45) is 27.2. The number of ketones is 1. The smallest absolute Gasteiger partial charge is 0.168 e. The number of methoxy groups -OCH3 is 2. The van der Waals surface area contributed by atoms with Crippen LogP contribution in [0.5, 0.6) is 17.2 Å². The molecule has 0 saturated heterocycles. The van der Waals surface area contributed by atoms with Crippen molar-refractivity contribution in [3.63, 3.8) is 0 Å². The Hall–Kier alpha value is -2.75. The van der Waals surface area contributed by atoms with Gasteiger partial charge in [0, 0.05) is 29.5 Å². The first kappa shape index (κ1) is 33.7. The highest BCUT2D eigenvalue weighted by molar-refractivity contribution is 5.85. The minimum atomic E-state index is 0.218. The predicted molar refractivity (Wildman–Crippen MR) is 176 cm³/mol. The van der Waals surface area contributed by atoms with Crippen molar-refractivity contribution in [1.29, 1.82) is 0 Å². The van der Waals surface area contributed by atoms with Gasteiger partial charge < -0.3 is 14.6 Å². The first-order valence-corrected chi connectivity index (χ1v) is 16.8. The maximum Gasteiger partial charge on any atom is 0.168 e. The maximum atomic E-state index is 13.2. The van der Waals surface area contributed by atoms with E-state index in [0.717, 1.165) is 72.8 Å². The Morgan fingerprint density at radius 3 is 2.05 bits per heavy atom. The largest absolute Gasteiger partial charge is 0.507 e. The molecule has 0 atom stereocenters. The van der Waals surface area contributed by atoms with Gasteiger partial charge in [0.25, 0.3) is 0 Å². The number of rotatable bonds is 18. The molecule has 42 heavy (non-hydrogen) atoms. The quantitative estimate of drug-likeness (QED) is 0.142. The summed E-state index contributed by atoms with van der Waals surface area (Å²) in [5.41, 5.74) is 4.76. The van der Waals surface area contributed by atoms with Gasteiger partial charge in [0.05, 0.1) is 14.2 Å². The molecule has 3 rings (SSSR count). The molecule has 1 aliphatic rings. The van der Waals surface area contributed by atoms with Crippen LogP contribution >= 0.6 is 0 Å². The summed E-state index contributed by atoms with van der Waals surface area (Å²) in [6.45, 7) is 2.27. The van der Waals surface area contributed by atoms with Gasteiger partial charge in [0.15, 0.2) is 11.5 Å².